The first kappa shape index (κ1) is 29.8. The lowest BCUT2D eigenvalue weighted by molar-refractivity contribution is 0.0729. The number of anilines is 1. The summed E-state index contributed by atoms with van der Waals surface area (Å²) in [6.45, 7) is 2.60. The number of hydrogen-bond donors (Lipinski definition) is 2. The number of nitrogens with one attached hydrogen (secondary N) is 2. The first-order valence-electron chi connectivity index (χ1n) is 12.9. The molecule has 0 aromatic heterocycles. The zero-order valence-corrected chi connectivity index (χ0v) is 23.8. The van der Waals surface area contributed by atoms with Gasteiger partial charge < -0.3 is 14.2 Å². The van der Waals surface area contributed by atoms with Crippen LogP contribution in [0.2, 0.25) is 0 Å². The summed E-state index contributed by atoms with van der Waals surface area (Å²) < 4.78 is 43.8. The van der Waals surface area contributed by atoms with Crippen molar-refractivity contribution in [2.45, 2.75) is 18.2 Å². The maximum atomic E-state index is 12.6. The monoisotopic (exact) mass is 587 g/mol. The first-order valence-corrected chi connectivity index (χ1v) is 14.4. The van der Waals surface area contributed by atoms with Gasteiger partial charge in [-0.05, 0) is 90.8 Å². The van der Waals surface area contributed by atoms with E-state index in [-0.39, 0.29) is 16.2 Å². The molecule has 0 bridgehead atoms. The lowest BCUT2D eigenvalue weighted by atomic mass is 10.2. The highest BCUT2D eigenvalue weighted by Crippen LogP contribution is 2.28. The Labute approximate surface area is 244 Å². The van der Waals surface area contributed by atoms with Crippen molar-refractivity contribution in [2.24, 2.45) is 5.10 Å². The molecule has 42 heavy (non-hydrogen) atoms. The van der Waals surface area contributed by atoms with Crippen molar-refractivity contribution in [1.29, 1.82) is 0 Å². The van der Waals surface area contributed by atoms with Crippen molar-refractivity contribution in [3.8, 4) is 17.2 Å². The molecule has 4 aromatic carbocycles. The van der Waals surface area contributed by atoms with E-state index in [4.69, 9.17) is 14.2 Å². The summed E-state index contributed by atoms with van der Waals surface area (Å²) in [5, 5.41) is 3.97. The number of methoxy groups -OCH3 is 1. The Hall–Kier alpha value is -5.16. The van der Waals surface area contributed by atoms with Crippen LogP contribution < -0.4 is 24.4 Å². The lowest BCUT2D eigenvalue weighted by Gasteiger charge is -2.10. The Morgan fingerprint density at radius 3 is 2.21 bits per heavy atom. The molecule has 0 heterocycles. The predicted octanol–water partition coefficient (Wildman–Crippen LogP) is 5.27. The van der Waals surface area contributed by atoms with Gasteiger partial charge in [-0.3, -0.25) is 9.52 Å². The van der Waals surface area contributed by atoms with Gasteiger partial charge in [0.2, 0.25) is 0 Å². The summed E-state index contributed by atoms with van der Waals surface area (Å²) in [5.74, 6) is 0.147. The van der Waals surface area contributed by atoms with Gasteiger partial charge in [0.25, 0.3) is 15.9 Å². The summed E-state index contributed by atoms with van der Waals surface area (Å²) in [4.78, 5) is 25.2. The molecule has 0 aliphatic heterocycles. The molecule has 0 unspecified atom stereocenters. The van der Waals surface area contributed by atoms with E-state index < -0.39 is 21.9 Å². The second-order valence-electron chi connectivity index (χ2n) is 8.87. The number of carbonyl (C=O) groups is 2. The smallest absolute Gasteiger partial charge is 0.343 e. The zero-order chi connectivity index (χ0) is 30.0. The van der Waals surface area contributed by atoms with E-state index in [9.17, 15) is 18.0 Å². The zero-order valence-electron chi connectivity index (χ0n) is 22.9. The molecule has 0 saturated heterocycles. The third-order valence-electron chi connectivity index (χ3n) is 5.79. The van der Waals surface area contributed by atoms with E-state index in [1.165, 1.54) is 49.7 Å². The summed E-state index contributed by atoms with van der Waals surface area (Å²) in [7, 11) is -2.30. The third-order valence-corrected chi connectivity index (χ3v) is 7.18. The van der Waals surface area contributed by atoms with Crippen LogP contribution in [0.1, 0.15) is 39.6 Å². The number of carbonyl (C=O) groups excluding carboxylic acids is 2. The van der Waals surface area contributed by atoms with Gasteiger partial charge in [-0.15, -0.1) is 0 Å². The fraction of sp³-hybridized carbons (Fsp3) is 0.129. The predicted molar refractivity (Wildman–Crippen MR) is 159 cm³/mol. The number of nitrogens with zero attached hydrogens (tertiary/aromatic N) is 1. The molecule has 0 saturated carbocycles. The Morgan fingerprint density at radius 2 is 1.55 bits per heavy atom. The molecule has 0 atom stereocenters. The van der Waals surface area contributed by atoms with Gasteiger partial charge in [-0.25, -0.2) is 18.6 Å². The highest BCUT2D eigenvalue weighted by atomic mass is 32.2. The third kappa shape index (κ3) is 7.95. The number of esters is 1. The van der Waals surface area contributed by atoms with Gasteiger partial charge in [0.1, 0.15) is 5.75 Å². The number of ether oxygens (including phenoxy) is 3. The molecule has 0 spiro atoms. The van der Waals surface area contributed by atoms with E-state index in [1.54, 1.807) is 60.7 Å². The molecular weight excluding hydrogens is 558 g/mol. The average Bonchev–Trinajstić information content (AvgIpc) is 3.01. The first-order chi connectivity index (χ1) is 20.3. The molecule has 0 aliphatic rings. The molecule has 2 N–H and O–H groups in total. The minimum absolute atomic E-state index is 0.131. The van der Waals surface area contributed by atoms with Gasteiger partial charge in [0.05, 0.1) is 30.4 Å². The SMILES string of the molecule is CCCOc1ccc(C(=O)Oc2ccc(C=NNC(=O)c3ccc(NS(=O)(=O)c4ccccc4)cc3)cc2OC)cc1. The van der Waals surface area contributed by atoms with Crippen LogP contribution in [0.15, 0.2) is 107 Å². The Morgan fingerprint density at radius 1 is 0.857 bits per heavy atom. The molecule has 11 heteroatoms. The average molecular weight is 588 g/mol. The highest BCUT2D eigenvalue weighted by molar-refractivity contribution is 7.92. The summed E-state index contributed by atoms with van der Waals surface area (Å²) in [6.07, 6.45) is 2.29. The van der Waals surface area contributed by atoms with E-state index in [0.717, 1.165) is 6.42 Å². The quantitative estimate of drug-likeness (QED) is 0.0999. The Balaban J connectivity index is 1.33. The van der Waals surface area contributed by atoms with Crippen LogP contribution >= 0.6 is 0 Å². The normalized spacial score (nSPS) is 11.1. The van der Waals surface area contributed by atoms with Crippen molar-refractivity contribution in [2.75, 3.05) is 18.4 Å². The summed E-state index contributed by atoms with van der Waals surface area (Å²) >= 11 is 0. The highest BCUT2D eigenvalue weighted by Gasteiger charge is 2.15. The topological polar surface area (TPSA) is 132 Å². The molecule has 0 radical (unpaired) electrons. The molecule has 216 valence electrons. The number of hydrogen-bond acceptors (Lipinski definition) is 8. The van der Waals surface area contributed by atoms with E-state index >= 15 is 0 Å². The van der Waals surface area contributed by atoms with Gasteiger partial charge in [0.15, 0.2) is 11.5 Å². The van der Waals surface area contributed by atoms with Crippen LogP contribution in [0.3, 0.4) is 0 Å². The minimum Gasteiger partial charge on any atom is -0.494 e. The van der Waals surface area contributed by atoms with Gasteiger partial charge in [-0.2, -0.15) is 5.10 Å². The summed E-state index contributed by atoms with van der Waals surface area (Å²) in [5.41, 5.74) is 3.94. The maximum Gasteiger partial charge on any atom is 0.343 e. The van der Waals surface area contributed by atoms with Crippen molar-refractivity contribution in [1.82, 2.24) is 5.43 Å². The fourth-order valence-corrected chi connectivity index (χ4v) is 4.73. The second kappa shape index (κ2) is 14.0. The van der Waals surface area contributed by atoms with Crippen molar-refractivity contribution in [3.05, 3.63) is 114 Å². The van der Waals surface area contributed by atoms with Crippen LogP contribution in [-0.2, 0) is 10.0 Å². The molecule has 1 amide bonds. The maximum absolute atomic E-state index is 12.6. The number of benzene rings is 4. The van der Waals surface area contributed by atoms with E-state index in [1.807, 2.05) is 6.92 Å². The van der Waals surface area contributed by atoms with Crippen LogP contribution in [0.5, 0.6) is 17.2 Å². The van der Waals surface area contributed by atoms with Crippen LogP contribution in [-0.4, -0.2) is 40.2 Å². The molecular formula is C31H29N3O7S. The number of hydrazone groups is 1. The van der Waals surface area contributed by atoms with Gasteiger partial charge >= 0.3 is 5.97 Å². The lowest BCUT2D eigenvalue weighted by Crippen LogP contribution is -2.18. The molecule has 0 aliphatic carbocycles. The van der Waals surface area contributed by atoms with Crippen molar-refractivity contribution in [3.63, 3.8) is 0 Å². The standard InChI is InChI=1S/C31H29N3O7S/c1-3-19-40-26-16-12-24(13-17-26)31(36)41-28-18-9-22(20-29(28)39-2)21-32-33-30(35)23-10-14-25(15-11-23)34-42(37,38)27-7-5-4-6-8-27/h4-18,20-21,34H,3,19H2,1-2H3,(H,33,35). The Kier molecular flexibility index (Phi) is 9.90. The second-order valence-corrected chi connectivity index (χ2v) is 10.6. The van der Waals surface area contributed by atoms with Gasteiger partial charge in [-0.1, -0.05) is 25.1 Å². The number of amides is 1. The fourth-order valence-electron chi connectivity index (χ4n) is 3.65. The van der Waals surface area contributed by atoms with Crippen LogP contribution in [0.25, 0.3) is 0 Å². The van der Waals surface area contributed by atoms with Crippen LogP contribution in [0, 0.1) is 0 Å². The number of rotatable bonds is 12. The molecule has 10 nitrogen and oxygen atoms in total. The van der Waals surface area contributed by atoms with E-state index in [0.29, 0.717) is 34.9 Å². The summed E-state index contributed by atoms with van der Waals surface area (Å²) in [6, 6.07) is 25.4. The van der Waals surface area contributed by atoms with Crippen molar-refractivity contribution >= 4 is 33.8 Å². The Bertz CT molecular complexity index is 1660. The molecule has 4 aromatic rings. The largest absolute Gasteiger partial charge is 0.494 e. The molecule has 4 rings (SSSR count). The van der Waals surface area contributed by atoms with Crippen molar-refractivity contribution < 1.29 is 32.2 Å². The van der Waals surface area contributed by atoms with Crippen LogP contribution in [0.4, 0.5) is 5.69 Å². The van der Waals surface area contributed by atoms with Gasteiger partial charge in [0, 0.05) is 11.3 Å². The number of sulfonamides is 1. The minimum atomic E-state index is -3.74. The van der Waals surface area contributed by atoms with E-state index in [2.05, 4.69) is 15.2 Å². The molecule has 0 fully saturated rings.